The predicted octanol–water partition coefficient (Wildman–Crippen LogP) is 3.69. The quantitative estimate of drug-likeness (QED) is 0.658. The van der Waals surface area contributed by atoms with Crippen LogP contribution in [0.15, 0.2) is 53.8 Å². The van der Waals surface area contributed by atoms with E-state index in [0.29, 0.717) is 9.68 Å². The smallest absolute Gasteiger partial charge is 0.112 e. The number of nitrogens with zero attached hydrogens (tertiary/aromatic N) is 1. The Hall–Kier alpha value is -0.810. The van der Waals surface area contributed by atoms with Crippen LogP contribution in [0.1, 0.15) is 12.0 Å². The zero-order chi connectivity index (χ0) is 13.0. The topological polar surface area (TPSA) is 23.5 Å². The van der Waals surface area contributed by atoms with Gasteiger partial charge in [0, 0.05) is 17.0 Å². The average Bonchev–Trinajstić information content (AvgIpc) is 2.28. The highest BCUT2D eigenvalue weighted by Crippen LogP contribution is 2.23. The molecule has 18 heavy (non-hydrogen) atoms. The van der Waals surface area contributed by atoms with Crippen LogP contribution in [0.3, 0.4) is 0 Å². The number of alkyl halides is 1. The Labute approximate surface area is 122 Å². The van der Waals surface area contributed by atoms with Gasteiger partial charge in [0.15, 0.2) is 0 Å². The normalized spacial score (nSPS) is 19.6. The molecular weight excluding hydrogens is 337 g/mol. The zero-order valence-electron chi connectivity index (χ0n) is 10.5. The summed E-state index contributed by atoms with van der Waals surface area (Å²) in [4.78, 5) is 2.28. The van der Waals surface area contributed by atoms with Gasteiger partial charge in [0.25, 0.3) is 0 Å². The molecule has 0 saturated carbocycles. The molecule has 1 aliphatic carbocycles. The number of hydrogen-bond acceptors (Lipinski definition) is 2. The zero-order valence-corrected chi connectivity index (χ0v) is 12.7. The van der Waals surface area contributed by atoms with Crippen molar-refractivity contribution in [3.63, 3.8) is 0 Å². The van der Waals surface area contributed by atoms with Crippen LogP contribution < -0.4 is 0 Å². The predicted molar refractivity (Wildman–Crippen MR) is 84.0 cm³/mol. The maximum Gasteiger partial charge on any atom is 0.112 e. The summed E-state index contributed by atoms with van der Waals surface area (Å²) in [5.41, 5.74) is 2.62. The minimum atomic E-state index is 0.406. The number of hydrogen-bond donors (Lipinski definition) is 1. The van der Waals surface area contributed by atoms with Crippen LogP contribution in [0, 0.1) is 0 Å². The number of aliphatic hydroxyl groups is 1. The van der Waals surface area contributed by atoms with Crippen molar-refractivity contribution in [2.75, 3.05) is 13.6 Å². The highest BCUT2D eigenvalue weighted by atomic mass is 127. The molecule has 3 heteroatoms. The van der Waals surface area contributed by atoms with Crippen LogP contribution >= 0.6 is 22.6 Å². The first-order valence-corrected chi connectivity index (χ1v) is 7.35. The van der Waals surface area contributed by atoms with Crippen molar-refractivity contribution in [2.24, 2.45) is 0 Å². The van der Waals surface area contributed by atoms with E-state index in [4.69, 9.17) is 0 Å². The lowest BCUT2D eigenvalue weighted by atomic mass is 10.0. The van der Waals surface area contributed by atoms with Crippen LogP contribution in [-0.4, -0.2) is 27.5 Å². The molecule has 0 saturated heterocycles. The molecule has 1 aromatic carbocycles. The number of allylic oxidation sites excluding steroid dienone is 2. The van der Waals surface area contributed by atoms with E-state index in [9.17, 15) is 5.11 Å². The van der Waals surface area contributed by atoms with Gasteiger partial charge >= 0.3 is 0 Å². The summed E-state index contributed by atoms with van der Waals surface area (Å²) in [7, 11) is 2.12. The third-order valence-electron chi connectivity index (χ3n) is 2.93. The van der Waals surface area contributed by atoms with E-state index >= 15 is 0 Å². The second kappa shape index (κ2) is 6.38. The van der Waals surface area contributed by atoms with Gasteiger partial charge in [0.2, 0.25) is 0 Å². The molecule has 0 amide bonds. The monoisotopic (exact) mass is 355 g/mol. The number of likely N-dealkylation sites (N-methyl/N-ethyl adjacent to an activating group) is 1. The maximum absolute atomic E-state index is 9.61. The molecular formula is C15H18INO. The Morgan fingerprint density at radius 3 is 2.67 bits per heavy atom. The fourth-order valence-corrected chi connectivity index (χ4v) is 3.15. The molecule has 0 aliphatic heterocycles. The second-order valence-corrected chi connectivity index (χ2v) is 6.37. The fraction of sp³-hybridized carbons (Fsp3) is 0.333. The number of benzene rings is 1. The highest BCUT2D eigenvalue weighted by Gasteiger charge is 2.13. The molecule has 0 bridgehead atoms. The maximum atomic E-state index is 9.61. The van der Waals surface area contributed by atoms with Crippen molar-refractivity contribution in [1.82, 2.24) is 4.90 Å². The Kier molecular flexibility index (Phi) is 4.83. The van der Waals surface area contributed by atoms with Crippen LogP contribution in [0.4, 0.5) is 0 Å². The van der Waals surface area contributed by atoms with Gasteiger partial charge in [0.05, 0.1) is 0 Å². The van der Waals surface area contributed by atoms with Gasteiger partial charge in [-0.15, -0.1) is 0 Å². The minimum absolute atomic E-state index is 0.406. The Balaban J connectivity index is 1.92. The van der Waals surface area contributed by atoms with E-state index in [1.807, 2.05) is 18.2 Å². The van der Waals surface area contributed by atoms with Gasteiger partial charge in [-0.1, -0.05) is 58.5 Å². The molecule has 1 unspecified atom stereocenters. The van der Waals surface area contributed by atoms with Crippen LogP contribution in [0.25, 0.3) is 0 Å². The van der Waals surface area contributed by atoms with E-state index in [1.165, 1.54) is 11.1 Å². The first-order chi connectivity index (χ1) is 8.63. The van der Waals surface area contributed by atoms with Gasteiger partial charge in [0.1, 0.15) is 5.76 Å². The van der Waals surface area contributed by atoms with E-state index < -0.39 is 0 Å². The number of aliphatic hydroxyl groups excluding tert-OH is 1. The van der Waals surface area contributed by atoms with Crippen molar-refractivity contribution in [3.05, 3.63) is 59.4 Å². The van der Waals surface area contributed by atoms with Crippen molar-refractivity contribution in [2.45, 2.75) is 16.9 Å². The summed E-state index contributed by atoms with van der Waals surface area (Å²) >= 11 is 2.36. The molecule has 0 radical (unpaired) electrons. The van der Waals surface area contributed by atoms with E-state index in [-0.39, 0.29) is 0 Å². The third-order valence-corrected chi connectivity index (χ3v) is 3.73. The van der Waals surface area contributed by atoms with Crippen LogP contribution in [0.5, 0.6) is 0 Å². The van der Waals surface area contributed by atoms with Gasteiger partial charge < -0.3 is 5.11 Å². The van der Waals surface area contributed by atoms with Crippen molar-refractivity contribution >= 4 is 22.6 Å². The fourth-order valence-electron chi connectivity index (χ4n) is 2.22. The Morgan fingerprint density at radius 1 is 1.28 bits per heavy atom. The van der Waals surface area contributed by atoms with Crippen molar-refractivity contribution in [1.29, 1.82) is 0 Å². The summed E-state index contributed by atoms with van der Waals surface area (Å²) in [5, 5.41) is 9.61. The standard InChI is InChI=1S/C15H18INO/c1-17(10-12-5-3-2-4-6-12)11-13-7-14(16)9-15(18)8-13/h2-6,8-9,14,18H,7,10-11H2,1H3. The number of rotatable bonds is 4. The summed E-state index contributed by atoms with van der Waals surface area (Å²) in [5.74, 6) is 0.406. The minimum Gasteiger partial charge on any atom is -0.508 e. The summed E-state index contributed by atoms with van der Waals surface area (Å²) < 4.78 is 0.410. The first kappa shape index (κ1) is 13.6. The molecule has 2 rings (SSSR count). The molecule has 1 aromatic rings. The molecule has 1 aliphatic rings. The molecule has 0 aromatic heterocycles. The summed E-state index contributed by atoms with van der Waals surface area (Å²) in [6.45, 7) is 1.85. The first-order valence-electron chi connectivity index (χ1n) is 6.10. The van der Waals surface area contributed by atoms with Crippen molar-refractivity contribution < 1.29 is 5.11 Å². The van der Waals surface area contributed by atoms with Crippen LogP contribution in [0.2, 0.25) is 0 Å². The number of halogens is 1. The molecule has 1 atom stereocenters. The van der Waals surface area contributed by atoms with Gasteiger partial charge in [-0.2, -0.15) is 0 Å². The lowest BCUT2D eigenvalue weighted by Crippen LogP contribution is -2.22. The van der Waals surface area contributed by atoms with Gasteiger partial charge in [-0.25, -0.2) is 0 Å². The molecule has 0 heterocycles. The third kappa shape index (κ3) is 4.14. The Morgan fingerprint density at radius 2 is 2.00 bits per heavy atom. The lowest BCUT2D eigenvalue weighted by molar-refractivity contribution is 0.348. The lowest BCUT2D eigenvalue weighted by Gasteiger charge is -2.22. The van der Waals surface area contributed by atoms with E-state index in [1.54, 1.807) is 0 Å². The average molecular weight is 355 g/mol. The summed E-state index contributed by atoms with van der Waals surface area (Å²) in [6, 6.07) is 10.5. The van der Waals surface area contributed by atoms with E-state index in [0.717, 1.165) is 19.5 Å². The highest BCUT2D eigenvalue weighted by molar-refractivity contribution is 14.1. The molecule has 0 spiro atoms. The van der Waals surface area contributed by atoms with E-state index in [2.05, 4.69) is 58.8 Å². The summed E-state index contributed by atoms with van der Waals surface area (Å²) in [6.07, 6.45) is 4.83. The molecule has 96 valence electrons. The van der Waals surface area contributed by atoms with Crippen molar-refractivity contribution in [3.8, 4) is 0 Å². The van der Waals surface area contributed by atoms with Gasteiger partial charge in [-0.3, -0.25) is 4.90 Å². The Bertz CT molecular complexity index is 453. The largest absolute Gasteiger partial charge is 0.508 e. The van der Waals surface area contributed by atoms with Gasteiger partial charge in [-0.05, 0) is 31.2 Å². The van der Waals surface area contributed by atoms with Crippen LogP contribution in [-0.2, 0) is 6.54 Å². The molecule has 2 nitrogen and oxygen atoms in total. The molecule has 1 N–H and O–H groups in total. The second-order valence-electron chi connectivity index (χ2n) is 4.77. The SMILES string of the molecule is CN(CC1=CC(O)=CC(I)C1)Cc1ccccc1. The molecule has 0 fully saturated rings.